The number of carboxylic acids is 1. The van der Waals surface area contributed by atoms with Crippen molar-refractivity contribution in [1.82, 2.24) is 18.9 Å². The Balaban J connectivity index is 0.000000238. The fourth-order valence-electron chi connectivity index (χ4n) is 6.92. The fraction of sp³-hybridized carbons (Fsp3) is 0.360. The van der Waals surface area contributed by atoms with Gasteiger partial charge in [0.1, 0.15) is 23.6 Å². The Kier molecular flexibility index (Phi) is 15.3. The maximum absolute atomic E-state index is 12.2. The summed E-state index contributed by atoms with van der Waals surface area (Å²) in [5, 5.41) is 11.4. The van der Waals surface area contributed by atoms with Crippen molar-refractivity contribution in [1.29, 1.82) is 0 Å². The zero-order chi connectivity index (χ0) is 46.1. The van der Waals surface area contributed by atoms with Crippen molar-refractivity contribution < 1.29 is 43.2 Å². The minimum absolute atomic E-state index is 0.291. The molecule has 0 aliphatic heterocycles. The number of aromatic nitrogens is 2. The Morgan fingerprint density at radius 1 is 0.651 bits per heavy atom. The monoisotopic (exact) mass is 860 g/mol. The number of hydrogen-bond acceptors (Lipinski definition) is 8. The van der Waals surface area contributed by atoms with E-state index in [-0.39, 0.29) is 18.2 Å². The molecule has 2 heterocycles. The predicted octanol–water partition coefficient (Wildman–Crippen LogP) is 10.1. The van der Waals surface area contributed by atoms with Crippen LogP contribution in [-0.2, 0) is 46.8 Å². The lowest BCUT2D eigenvalue weighted by Crippen LogP contribution is -2.33. The van der Waals surface area contributed by atoms with Crippen LogP contribution >= 0.6 is 0 Å². The molecule has 0 atom stereocenters. The Labute approximate surface area is 369 Å². The molecule has 1 N–H and O–H groups in total. The Morgan fingerprint density at radius 3 is 1.84 bits per heavy atom. The quantitative estimate of drug-likeness (QED) is 0.0887. The third-order valence-corrected chi connectivity index (χ3v) is 9.92. The lowest BCUT2D eigenvalue weighted by atomic mass is 10.1. The first-order valence-corrected chi connectivity index (χ1v) is 20.9. The number of rotatable bonds is 13. The van der Waals surface area contributed by atoms with Crippen LogP contribution in [0.3, 0.4) is 0 Å². The largest absolute Gasteiger partial charge is 0.492 e. The van der Waals surface area contributed by atoms with Gasteiger partial charge in [0.25, 0.3) is 0 Å². The zero-order valence-corrected chi connectivity index (χ0v) is 38.1. The molecule has 6 aromatic rings. The number of esters is 1. The normalized spacial score (nSPS) is 11.4. The molecule has 0 saturated heterocycles. The number of benzene rings is 4. The average molecular weight is 861 g/mol. The van der Waals surface area contributed by atoms with E-state index in [1.165, 1.54) is 12.0 Å². The van der Waals surface area contributed by atoms with Crippen molar-refractivity contribution in [2.24, 2.45) is 0 Å². The summed E-state index contributed by atoms with van der Waals surface area (Å²) < 4.78 is 25.8. The molecule has 13 nitrogen and oxygen atoms in total. The van der Waals surface area contributed by atoms with Crippen LogP contribution in [0.15, 0.2) is 103 Å². The van der Waals surface area contributed by atoms with Crippen molar-refractivity contribution in [2.75, 3.05) is 27.8 Å². The summed E-state index contributed by atoms with van der Waals surface area (Å²) in [6.07, 6.45) is 2.06. The summed E-state index contributed by atoms with van der Waals surface area (Å²) in [4.78, 5) is 50.7. The summed E-state index contributed by atoms with van der Waals surface area (Å²) in [7, 11) is 4.82. The highest BCUT2D eigenvalue weighted by atomic mass is 16.6. The first kappa shape index (κ1) is 47.3. The molecule has 0 aliphatic carbocycles. The van der Waals surface area contributed by atoms with Crippen LogP contribution in [0.4, 0.5) is 9.59 Å². The minimum Gasteiger partial charge on any atom is -0.492 e. The molecule has 0 bridgehead atoms. The molecule has 2 aromatic heterocycles. The number of amides is 2. The predicted molar refractivity (Wildman–Crippen MR) is 244 cm³/mol. The van der Waals surface area contributed by atoms with Gasteiger partial charge in [-0.3, -0.25) is 0 Å². The molecule has 6 rings (SSSR count). The molecule has 0 aliphatic rings. The number of carbonyl (C=O) groups is 4. The Bertz CT molecular complexity index is 2560. The second kappa shape index (κ2) is 20.4. The highest BCUT2D eigenvalue weighted by molar-refractivity contribution is 5.95. The average Bonchev–Trinajstić information content (AvgIpc) is 3.77. The molecule has 0 spiro atoms. The second-order valence-electron chi connectivity index (χ2n) is 17.5. The van der Waals surface area contributed by atoms with Crippen molar-refractivity contribution >= 4 is 45.9 Å². The highest BCUT2D eigenvalue weighted by Gasteiger charge is 2.21. The van der Waals surface area contributed by atoms with E-state index in [0.717, 1.165) is 62.9 Å². The van der Waals surface area contributed by atoms with Crippen LogP contribution in [0.1, 0.15) is 84.6 Å². The van der Waals surface area contributed by atoms with E-state index in [0.29, 0.717) is 37.4 Å². The number of hydrogen-bond donors (Lipinski definition) is 1. The van der Waals surface area contributed by atoms with Gasteiger partial charge in [0.05, 0.1) is 24.8 Å². The van der Waals surface area contributed by atoms with Gasteiger partial charge in [0.15, 0.2) is 0 Å². The first-order valence-electron chi connectivity index (χ1n) is 20.9. The molecule has 4 aromatic carbocycles. The van der Waals surface area contributed by atoms with Crippen LogP contribution in [0.2, 0.25) is 0 Å². The van der Waals surface area contributed by atoms with Gasteiger partial charge in [0.2, 0.25) is 0 Å². The van der Waals surface area contributed by atoms with Gasteiger partial charge < -0.3 is 43.0 Å². The van der Waals surface area contributed by atoms with E-state index < -0.39 is 17.2 Å². The van der Waals surface area contributed by atoms with Crippen molar-refractivity contribution in [2.45, 2.75) is 92.3 Å². The van der Waals surface area contributed by atoms with Gasteiger partial charge >= 0.3 is 24.1 Å². The third kappa shape index (κ3) is 13.6. The third-order valence-electron chi connectivity index (χ3n) is 9.92. The molecule has 0 saturated carbocycles. The summed E-state index contributed by atoms with van der Waals surface area (Å²) in [6, 6.07) is 30.6. The topological polar surface area (TPSA) is 142 Å². The van der Waals surface area contributed by atoms with Gasteiger partial charge in [0, 0.05) is 56.7 Å². The maximum atomic E-state index is 12.2. The smallest absolute Gasteiger partial charge is 0.410 e. The number of methoxy groups -OCH3 is 1. The van der Waals surface area contributed by atoms with Crippen LogP contribution < -0.4 is 4.74 Å². The Morgan fingerprint density at radius 2 is 1.22 bits per heavy atom. The van der Waals surface area contributed by atoms with E-state index in [1.807, 2.05) is 120 Å². The molecule has 13 heteroatoms. The zero-order valence-electron chi connectivity index (χ0n) is 38.1. The van der Waals surface area contributed by atoms with E-state index in [2.05, 4.69) is 22.8 Å². The second-order valence-corrected chi connectivity index (χ2v) is 17.5. The molecule has 0 unspecified atom stereocenters. The van der Waals surface area contributed by atoms with Crippen LogP contribution in [0.5, 0.6) is 5.75 Å². The summed E-state index contributed by atoms with van der Waals surface area (Å²) in [5.41, 5.74) is 5.87. The fourth-order valence-corrected chi connectivity index (χ4v) is 6.92. The summed E-state index contributed by atoms with van der Waals surface area (Å²) in [6.45, 7) is 15.8. The molecule has 63 heavy (non-hydrogen) atoms. The summed E-state index contributed by atoms with van der Waals surface area (Å²) in [5.74, 6) is -0.551. The van der Waals surface area contributed by atoms with E-state index in [4.69, 9.17) is 18.9 Å². The van der Waals surface area contributed by atoms with Crippen LogP contribution in [0, 0.1) is 6.92 Å². The number of fused-ring (bicyclic) bond motifs is 2. The van der Waals surface area contributed by atoms with Gasteiger partial charge in [-0.2, -0.15) is 0 Å². The number of aryl methyl sites for hydroxylation is 3. The van der Waals surface area contributed by atoms with Crippen molar-refractivity contribution in [3.8, 4) is 5.75 Å². The lowest BCUT2D eigenvalue weighted by Gasteiger charge is -2.24. The van der Waals surface area contributed by atoms with Crippen molar-refractivity contribution in [3.63, 3.8) is 0 Å². The van der Waals surface area contributed by atoms with Gasteiger partial charge in [-0.05, 0) is 131 Å². The number of nitrogens with zero attached hydrogens (tertiary/aromatic N) is 4. The molecular formula is C50H60N4O9. The van der Waals surface area contributed by atoms with E-state index in [9.17, 15) is 24.3 Å². The standard InChI is InChI=1S/C25H30N2O5.C25H30N2O4/c1-25(2,3)32-24(29)26(4)17-18-7-6-8-21(15-18)31-14-13-27-12-11-19-9-10-20(16-22(19)27)23(28)30-5;1-17-13-20-9-10-21(23(28)29)15-22(20)27(17)12-11-18-7-6-8-19(14-18)16-26(5)24(30)31-25(2,3)4/h6-12,15-16H,13-14,17H2,1-5H3;6-10,13-15H,11-12,16H2,1-5H3,(H,28,29). The van der Waals surface area contributed by atoms with Gasteiger partial charge in [-0.25, -0.2) is 19.2 Å². The molecule has 0 fully saturated rings. The van der Waals surface area contributed by atoms with Crippen molar-refractivity contribution in [3.05, 3.63) is 137 Å². The molecular weight excluding hydrogens is 801 g/mol. The summed E-state index contributed by atoms with van der Waals surface area (Å²) >= 11 is 0. The van der Waals surface area contributed by atoms with E-state index >= 15 is 0 Å². The van der Waals surface area contributed by atoms with Crippen LogP contribution in [-0.4, -0.2) is 87.2 Å². The van der Waals surface area contributed by atoms with Gasteiger partial charge in [-0.15, -0.1) is 0 Å². The minimum atomic E-state index is -0.922. The van der Waals surface area contributed by atoms with E-state index in [1.54, 1.807) is 37.2 Å². The molecule has 2 amide bonds. The number of carboxylic acid groups (broad SMARTS) is 1. The maximum Gasteiger partial charge on any atom is 0.410 e. The molecule has 0 radical (unpaired) electrons. The number of ether oxygens (including phenoxy) is 4. The molecule has 334 valence electrons. The SMILES string of the molecule is COC(=O)c1ccc2ccn(CCOc3cccc(CN(C)C(=O)OC(C)(C)C)c3)c2c1.Cc1cc2ccc(C(=O)O)cc2n1CCc1cccc(CN(C)C(=O)OC(C)(C)C)c1. The number of carbonyl (C=O) groups excluding carboxylic acids is 3. The highest BCUT2D eigenvalue weighted by Crippen LogP contribution is 2.23. The first-order chi connectivity index (χ1) is 29.7. The lowest BCUT2D eigenvalue weighted by molar-refractivity contribution is 0.0275. The Hall–Kier alpha value is -6.76. The number of aromatic carboxylic acids is 1. The van der Waals surface area contributed by atoms with Crippen LogP contribution in [0.25, 0.3) is 21.8 Å². The van der Waals surface area contributed by atoms with Gasteiger partial charge in [-0.1, -0.05) is 48.5 Å².